The van der Waals surface area contributed by atoms with Crippen molar-refractivity contribution in [1.82, 2.24) is 0 Å². The van der Waals surface area contributed by atoms with E-state index < -0.39 is 5.92 Å². The fourth-order valence-electron chi connectivity index (χ4n) is 2.30. The van der Waals surface area contributed by atoms with Crippen LogP contribution in [0, 0.1) is 0 Å². The number of nitrogens with two attached hydrogens (primary N) is 1. The minimum atomic E-state index is -0.572. The van der Waals surface area contributed by atoms with Crippen molar-refractivity contribution in [3.63, 3.8) is 0 Å². The lowest BCUT2D eigenvalue weighted by Gasteiger charge is -2.13. The molecular weight excluding hydrogens is 218 g/mol. The Labute approximate surface area is 99.7 Å². The first-order chi connectivity index (χ1) is 8.17. The van der Waals surface area contributed by atoms with Gasteiger partial charge in [0, 0.05) is 12.8 Å². The fraction of sp³-hybridized carbons (Fsp3) is 0.385. The number of carbonyl (C=O) groups excluding carboxylic acids is 2. The summed E-state index contributed by atoms with van der Waals surface area (Å²) in [5.41, 5.74) is 1.75. The molecule has 4 nitrogen and oxygen atoms in total. The number of hydrogen-bond acceptors (Lipinski definition) is 4. The zero-order valence-electron chi connectivity index (χ0n) is 9.73. The molecule has 1 aliphatic carbocycles. The molecular formula is C13H15NO3. The predicted molar refractivity (Wildman–Crippen MR) is 62.6 cm³/mol. The second-order valence-corrected chi connectivity index (χ2v) is 4.20. The monoisotopic (exact) mass is 233 g/mol. The van der Waals surface area contributed by atoms with E-state index in [1.54, 1.807) is 18.2 Å². The van der Waals surface area contributed by atoms with E-state index in [-0.39, 0.29) is 11.6 Å². The molecule has 0 radical (unpaired) electrons. The van der Waals surface area contributed by atoms with Gasteiger partial charge in [0.1, 0.15) is 23.2 Å². The number of aryl methyl sites for hydroxylation is 1. The standard InChI is InChI=1S/C13H15NO3/c1-2-8-7-9(17-14)3-4-10(8)13-11(15)5-6-12(13)16/h3-4,7,13H,2,5-6,14H2,1H3. The first-order valence-corrected chi connectivity index (χ1v) is 5.72. The summed E-state index contributed by atoms with van der Waals surface area (Å²) in [6, 6.07) is 5.24. The van der Waals surface area contributed by atoms with E-state index in [0.29, 0.717) is 18.6 Å². The van der Waals surface area contributed by atoms with Crippen LogP contribution in [-0.4, -0.2) is 11.6 Å². The van der Waals surface area contributed by atoms with E-state index in [1.807, 2.05) is 6.92 Å². The number of Topliss-reactive ketones (excluding diaryl/α,β-unsaturated/α-hetero) is 2. The largest absolute Gasteiger partial charge is 0.412 e. The molecule has 0 amide bonds. The van der Waals surface area contributed by atoms with Crippen molar-refractivity contribution < 1.29 is 14.4 Å². The number of benzene rings is 1. The molecule has 0 unspecified atom stereocenters. The summed E-state index contributed by atoms with van der Waals surface area (Å²) in [6.07, 6.45) is 1.47. The molecule has 1 aromatic rings. The Kier molecular flexibility index (Phi) is 3.24. The zero-order chi connectivity index (χ0) is 12.4. The maximum atomic E-state index is 11.7. The van der Waals surface area contributed by atoms with Gasteiger partial charge in [0.15, 0.2) is 0 Å². The number of carbonyl (C=O) groups is 2. The number of ketones is 2. The SMILES string of the molecule is CCc1cc(ON)ccc1C1C(=O)CCC1=O. The van der Waals surface area contributed by atoms with Gasteiger partial charge in [0.25, 0.3) is 0 Å². The molecule has 0 atom stereocenters. The van der Waals surface area contributed by atoms with Gasteiger partial charge in [-0.15, -0.1) is 0 Å². The second kappa shape index (κ2) is 4.67. The Morgan fingerprint density at radius 1 is 1.29 bits per heavy atom. The Morgan fingerprint density at radius 2 is 1.94 bits per heavy atom. The van der Waals surface area contributed by atoms with Crippen molar-refractivity contribution >= 4 is 11.6 Å². The summed E-state index contributed by atoms with van der Waals surface area (Å²) in [4.78, 5) is 28.1. The van der Waals surface area contributed by atoms with Gasteiger partial charge in [-0.25, -0.2) is 0 Å². The van der Waals surface area contributed by atoms with Crippen LogP contribution in [0.4, 0.5) is 0 Å². The van der Waals surface area contributed by atoms with Crippen LogP contribution in [0.3, 0.4) is 0 Å². The molecule has 0 bridgehead atoms. The smallest absolute Gasteiger partial charge is 0.148 e. The Hall–Kier alpha value is -1.68. The average Bonchev–Trinajstić information content (AvgIpc) is 2.68. The van der Waals surface area contributed by atoms with E-state index in [9.17, 15) is 9.59 Å². The molecule has 90 valence electrons. The molecule has 2 rings (SSSR count). The van der Waals surface area contributed by atoms with Crippen LogP contribution < -0.4 is 10.7 Å². The van der Waals surface area contributed by atoms with E-state index in [2.05, 4.69) is 4.84 Å². The molecule has 1 aromatic carbocycles. The average molecular weight is 233 g/mol. The minimum absolute atomic E-state index is 0.0196. The summed E-state index contributed by atoms with van der Waals surface area (Å²) in [5.74, 6) is 5.11. The maximum absolute atomic E-state index is 11.7. The van der Waals surface area contributed by atoms with E-state index in [4.69, 9.17) is 5.90 Å². The van der Waals surface area contributed by atoms with E-state index in [1.165, 1.54) is 0 Å². The zero-order valence-corrected chi connectivity index (χ0v) is 9.73. The third-order valence-corrected chi connectivity index (χ3v) is 3.20. The maximum Gasteiger partial charge on any atom is 0.148 e. The van der Waals surface area contributed by atoms with Gasteiger partial charge in [-0.2, -0.15) is 5.90 Å². The molecule has 1 saturated carbocycles. The quantitative estimate of drug-likeness (QED) is 0.634. The summed E-state index contributed by atoms with van der Waals surface area (Å²) < 4.78 is 0. The van der Waals surface area contributed by atoms with Gasteiger partial charge < -0.3 is 4.84 Å². The van der Waals surface area contributed by atoms with Gasteiger partial charge >= 0.3 is 0 Å². The van der Waals surface area contributed by atoms with Crippen LogP contribution in [0.1, 0.15) is 36.8 Å². The lowest BCUT2D eigenvalue weighted by atomic mass is 9.90. The number of hydrogen-bond donors (Lipinski definition) is 1. The van der Waals surface area contributed by atoms with Crippen molar-refractivity contribution in [3.8, 4) is 5.75 Å². The molecule has 0 aromatic heterocycles. The van der Waals surface area contributed by atoms with Crippen LogP contribution in [0.2, 0.25) is 0 Å². The molecule has 1 aliphatic rings. The number of rotatable bonds is 3. The third kappa shape index (κ3) is 2.08. The highest BCUT2D eigenvalue weighted by Crippen LogP contribution is 2.32. The van der Waals surface area contributed by atoms with Gasteiger partial charge in [0.2, 0.25) is 0 Å². The summed E-state index contributed by atoms with van der Waals surface area (Å²) >= 11 is 0. The highest BCUT2D eigenvalue weighted by molar-refractivity contribution is 6.13. The molecule has 0 heterocycles. The van der Waals surface area contributed by atoms with Gasteiger partial charge in [-0.3, -0.25) is 9.59 Å². The summed E-state index contributed by atoms with van der Waals surface area (Å²) in [6.45, 7) is 1.98. The highest BCUT2D eigenvalue weighted by Gasteiger charge is 2.35. The molecule has 0 aliphatic heterocycles. The van der Waals surface area contributed by atoms with E-state index in [0.717, 1.165) is 17.5 Å². The lowest BCUT2D eigenvalue weighted by Crippen LogP contribution is -2.14. The van der Waals surface area contributed by atoms with Crippen LogP contribution >= 0.6 is 0 Å². The lowest BCUT2D eigenvalue weighted by molar-refractivity contribution is -0.123. The first kappa shape index (κ1) is 11.8. The van der Waals surface area contributed by atoms with Crippen LogP contribution in [-0.2, 0) is 16.0 Å². The Balaban J connectivity index is 2.44. The van der Waals surface area contributed by atoms with Gasteiger partial charge in [-0.05, 0) is 29.7 Å². The Bertz CT molecular complexity index is 452. The molecule has 0 spiro atoms. The highest BCUT2D eigenvalue weighted by atomic mass is 16.6. The van der Waals surface area contributed by atoms with Crippen LogP contribution in [0.25, 0.3) is 0 Å². The normalized spacial score (nSPS) is 16.6. The van der Waals surface area contributed by atoms with Gasteiger partial charge in [0.05, 0.1) is 0 Å². The van der Waals surface area contributed by atoms with Crippen LogP contribution in [0.15, 0.2) is 18.2 Å². The van der Waals surface area contributed by atoms with E-state index >= 15 is 0 Å². The molecule has 0 saturated heterocycles. The Morgan fingerprint density at radius 3 is 2.47 bits per heavy atom. The van der Waals surface area contributed by atoms with Gasteiger partial charge in [-0.1, -0.05) is 13.0 Å². The molecule has 1 fully saturated rings. The third-order valence-electron chi connectivity index (χ3n) is 3.20. The molecule has 17 heavy (non-hydrogen) atoms. The minimum Gasteiger partial charge on any atom is -0.412 e. The summed E-state index contributed by atoms with van der Waals surface area (Å²) in [7, 11) is 0. The second-order valence-electron chi connectivity index (χ2n) is 4.20. The molecule has 2 N–H and O–H groups in total. The topological polar surface area (TPSA) is 69.4 Å². The summed E-state index contributed by atoms with van der Waals surface area (Å²) in [5, 5.41) is 0. The van der Waals surface area contributed by atoms with Crippen molar-refractivity contribution in [1.29, 1.82) is 0 Å². The predicted octanol–water partition coefficient (Wildman–Crippen LogP) is 1.52. The van der Waals surface area contributed by atoms with Crippen molar-refractivity contribution in [2.45, 2.75) is 32.1 Å². The molecule has 4 heteroatoms. The van der Waals surface area contributed by atoms with Crippen molar-refractivity contribution in [2.24, 2.45) is 5.90 Å². The first-order valence-electron chi connectivity index (χ1n) is 5.72. The van der Waals surface area contributed by atoms with Crippen molar-refractivity contribution in [3.05, 3.63) is 29.3 Å². The van der Waals surface area contributed by atoms with Crippen molar-refractivity contribution in [2.75, 3.05) is 0 Å². The van der Waals surface area contributed by atoms with Crippen LogP contribution in [0.5, 0.6) is 5.75 Å². The fourth-order valence-corrected chi connectivity index (χ4v) is 2.30.